The van der Waals surface area contributed by atoms with E-state index in [2.05, 4.69) is 6.07 Å². The lowest BCUT2D eigenvalue weighted by atomic mass is 9.78. The number of nitrogens with zero attached hydrogens (tertiary/aromatic N) is 2. The van der Waals surface area contributed by atoms with E-state index in [9.17, 15) is 23.5 Å². The van der Waals surface area contributed by atoms with Gasteiger partial charge in [-0.15, -0.1) is 0 Å². The Morgan fingerprint density at radius 3 is 2.09 bits per heavy atom. The molecule has 1 N–H and O–H groups in total. The van der Waals surface area contributed by atoms with E-state index in [-0.39, 0.29) is 51.3 Å². The highest BCUT2D eigenvalue weighted by atomic mass is 19.3. The Morgan fingerprint density at radius 1 is 1.03 bits per heavy atom. The number of aliphatic carboxylic acids is 1. The van der Waals surface area contributed by atoms with Gasteiger partial charge in [-0.3, -0.25) is 9.59 Å². The molecule has 0 bridgehead atoms. The van der Waals surface area contributed by atoms with E-state index in [4.69, 9.17) is 10.00 Å². The zero-order valence-electron chi connectivity index (χ0n) is 18.0. The molecule has 33 heavy (non-hydrogen) atoms. The van der Waals surface area contributed by atoms with E-state index in [1.54, 1.807) is 24.3 Å². The van der Waals surface area contributed by atoms with Crippen molar-refractivity contribution in [2.45, 2.75) is 31.6 Å². The topological polar surface area (TPSA) is 90.6 Å². The molecule has 172 valence electrons. The lowest BCUT2D eigenvalue weighted by molar-refractivity contribution is -0.172. The Bertz CT molecular complexity index is 1060. The van der Waals surface area contributed by atoms with Crippen molar-refractivity contribution in [3.05, 3.63) is 54.1 Å². The third-order valence-electron chi connectivity index (χ3n) is 6.54. The third-order valence-corrected chi connectivity index (χ3v) is 6.54. The van der Waals surface area contributed by atoms with Crippen LogP contribution in [-0.4, -0.2) is 47.5 Å². The Kier molecular flexibility index (Phi) is 6.07. The van der Waals surface area contributed by atoms with Crippen LogP contribution in [0.2, 0.25) is 0 Å². The van der Waals surface area contributed by atoms with Gasteiger partial charge >= 0.3 is 5.97 Å². The van der Waals surface area contributed by atoms with Gasteiger partial charge in [-0.1, -0.05) is 24.3 Å². The second-order valence-corrected chi connectivity index (χ2v) is 8.91. The molecular formula is C25H24F2N2O4. The molecule has 0 atom stereocenters. The second-order valence-electron chi connectivity index (χ2n) is 8.91. The first-order valence-corrected chi connectivity index (χ1v) is 10.8. The van der Waals surface area contributed by atoms with Crippen molar-refractivity contribution >= 4 is 11.9 Å². The van der Waals surface area contributed by atoms with Crippen molar-refractivity contribution < 1.29 is 28.2 Å². The van der Waals surface area contributed by atoms with Gasteiger partial charge in [0.05, 0.1) is 11.6 Å². The molecule has 1 aliphatic carbocycles. The van der Waals surface area contributed by atoms with E-state index in [0.717, 1.165) is 11.1 Å². The number of ether oxygens (including phenoxy) is 1. The van der Waals surface area contributed by atoms with Gasteiger partial charge in [-0.25, -0.2) is 8.78 Å². The molecule has 8 heteroatoms. The first-order valence-electron chi connectivity index (χ1n) is 10.8. The predicted molar refractivity (Wildman–Crippen MR) is 116 cm³/mol. The van der Waals surface area contributed by atoms with Gasteiger partial charge < -0.3 is 14.7 Å². The van der Waals surface area contributed by atoms with Gasteiger partial charge in [-0.2, -0.15) is 5.26 Å². The highest BCUT2D eigenvalue weighted by Gasteiger charge is 2.53. The number of likely N-dealkylation sites (tertiary alicyclic amines) is 1. The monoisotopic (exact) mass is 454 g/mol. The standard InChI is InChI=1S/C25H24F2N2O4/c26-25(27)11-9-20(10-12-25)22(30)29-14-24(15-29,23(31)32)16-33-21-7-5-19(6-8-21)18-3-1-17(13-28)2-4-18/h1-8,20H,9-12,14-16H2,(H,31,32). The van der Waals surface area contributed by atoms with E-state index in [1.807, 2.05) is 24.3 Å². The predicted octanol–water partition coefficient (Wildman–Crippen LogP) is 4.34. The number of carbonyl (C=O) groups excluding carboxylic acids is 1. The van der Waals surface area contributed by atoms with Crippen LogP contribution in [0.25, 0.3) is 11.1 Å². The number of hydrogen-bond acceptors (Lipinski definition) is 4. The van der Waals surface area contributed by atoms with Gasteiger partial charge in [0.1, 0.15) is 17.8 Å². The number of hydrogen-bond donors (Lipinski definition) is 1. The summed E-state index contributed by atoms with van der Waals surface area (Å²) in [6.45, 7) is -0.0696. The maximum Gasteiger partial charge on any atom is 0.316 e. The molecule has 0 radical (unpaired) electrons. The normalized spacial score (nSPS) is 19.2. The molecule has 1 aliphatic heterocycles. The van der Waals surface area contributed by atoms with Crippen molar-refractivity contribution in [2.24, 2.45) is 11.3 Å². The van der Waals surface area contributed by atoms with Gasteiger partial charge in [-0.05, 0) is 48.2 Å². The van der Waals surface area contributed by atoms with Crippen molar-refractivity contribution in [3.8, 4) is 22.9 Å². The van der Waals surface area contributed by atoms with E-state index >= 15 is 0 Å². The zero-order chi connectivity index (χ0) is 23.6. The van der Waals surface area contributed by atoms with Crippen LogP contribution in [0.4, 0.5) is 8.78 Å². The number of amides is 1. The lowest BCUT2D eigenvalue weighted by Gasteiger charge is -2.48. The van der Waals surface area contributed by atoms with Crippen LogP contribution in [0, 0.1) is 22.7 Å². The number of rotatable bonds is 6. The van der Waals surface area contributed by atoms with E-state index in [1.165, 1.54) is 4.90 Å². The third kappa shape index (κ3) is 4.82. The number of carboxylic acids is 1. The summed E-state index contributed by atoms with van der Waals surface area (Å²) in [5.74, 6) is -3.95. The van der Waals surface area contributed by atoms with Crippen LogP contribution in [0.3, 0.4) is 0 Å². The Morgan fingerprint density at radius 2 is 1.58 bits per heavy atom. The van der Waals surface area contributed by atoms with Gasteiger partial charge in [0.2, 0.25) is 11.8 Å². The highest BCUT2D eigenvalue weighted by Crippen LogP contribution is 2.39. The molecule has 0 aromatic heterocycles. The second kappa shape index (κ2) is 8.81. The number of nitriles is 1. The molecule has 1 saturated heterocycles. The molecule has 2 aromatic rings. The fourth-order valence-corrected chi connectivity index (χ4v) is 4.38. The minimum atomic E-state index is -2.71. The minimum absolute atomic E-state index is 0.0113. The molecule has 2 aromatic carbocycles. The van der Waals surface area contributed by atoms with Crippen molar-refractivity contribution in [1.82, 2.24) is 4.90 Å². The fraction of sp³-hybridized carbons (Fsp3) is 0.400. The maximum absolute atomic E-state index is 13.4. The van der Waals surface area contributed by atoms with Gasteiger partial charge in [0.25, 0.3) is 0 Å². The number of alkyl halides is 2. The summed E-state index contributed by atoms with van der Waals surface area (Å²) in [5.41, 5.74) is 1.24. The summed E-state index contributed by atoms with van der Waals surface area (Å²) >= 11 is 0. The SMILES string of the molecule is N#Cc1ccc(-c2ccc(OCC3(C(=O)O)CN(C(=O)C4CCC(F)(F)CC4)C3)cc2)cc1. The smallest absolute Gasteiger partial charge is 0.316 e. The molecule has 2 fully saturated rings. The number of carbonyl (C=O) groups is 2. The average molecular weight is 454 g/mol. The summed E-state index contributed by atoms with van der Waals surface area (Å²) in [7, 11) is 0. The molecule has 6 nitrogen and oxygen atoms in total. The summed E-state index contributed by atoms with van der Waals surface area (Å²) in [5, 5.41) is 18.6. The Balaban J connectivity index is 1.33. The van der Waals surface area contributed by atoms with E-state index < -0.39 is 23.2 Å². The first kappa shape index (κ1) is 22.7. The number of halogens is 2. The lowest BCUT2D eigenvalue weighted by Crippen LogP contribution is -2.65. The van der Waals surface area contributed by atoms with Crippen LogP contribution < -0.4 is 4.74 Å². The molecule has 2 aliphatic rings. The van der Waals surface area contributed by atoms with Crippen molar-refractivity contribution in [3.63, 3.8) is 0 Å². The van der Waals surface area contributed by atoms with Crippen LogP contribution in [0.15, 0.2) is 48.5 Å². The van der Waals surface area contributed by atoms with Crippen LogP contribution >= 0.6 is 0 Å². The molecule has 1 saturated carbocycles. The molecule has 0 unspecified atom stereocenters. The van der Waals surface area contributed by atoms with Crippen molar-refractivity contribution in [2.75, 3.05) is 19.7 Å². The first-order chi connectivity index (χ1) is 15.7. The minimum Gasteiger partial charge on any atom is -0.492 e. The fourth-order valence-electron chi connectivity index (χ4n) is 4.38. The Labute approximate surface area is 190 Å². The maximum atomic E-state index is 13.4. The molecule has 0 spiro atoms. The van der Waals surface area contributed by atoms with Crippen LogP contribution in [0.1, 0.15) is 31.2 Å². The summed E-state index contributed by atoms with van der Waals surface area (Å²) in [4.78, 5) is 26.0. The van der Waals surface area contributed by atoms with Crippen LogP contribution in [-0.2, 0) is 9.59 Å². The van der Waals surface area contributed by atoms with Gasteiger partial charge in [0.15, 0.2) is 0 Å². The van der Waals surface area contributed by atoms with E-state index in [0.29, 0.717) is 11.3 Å². The summed E-state index contributed by atoms with van der Waals surface area (Å²) < 4.78 is 32.4. The zero-order valence-corrected chi connectivity index (χ0v) is 18.0. The molecule has 1 amide bonds. The number of benzene rings is 2. The van der Waals surface area contributed by atoms with Gasteiger partial charge in [0, 0.05) is 31.8 Å². The summed E-state index contributed by atoms with van der Waals surface area (Å²) in [6.07, 6.45) is -0.346. The van der Waals surface area contributed by atoms with Crippen molar-refractivity contribution in [1.29, 1.82) is 5.26 Å². The molecule has 1 heterocycles. The summed E-state index contributed by atoms with van der Waals surface area (Å²) in [6, 6.07) is 16.4. The highest BCUT2D eigenvalue weighted by molar-refractivity contribution is 5.85. The largest absolute Gasteiger partial charge is 0.492 e. The molecular weight excluding hydrogens is 430 g/mol. The number of carboxylic acid groups (broad SMARTS) is 1. The van der Waals surface area contributed by atoms with Crippen LogP contribution in [0.5, 0.6) is 5.75 Å². The quantitative estimate of drug-likeness (QED) is 0.701. The average Bonchev–Trinajstić information content (AvgIpc) is 2.78. The molecule has 4 rings (SSSR count). The Hall–Kier alpha value is -3.47.